The second-order valence-electron chi connectivity index (χ2n) is 4.49. The quantitative estimate of drug-likeness (QED) is 0.896. The highest BCUT2D eigenvalue weighted by molar-refractivity contribution is 6.32. The predicted octanol–water partition coefficient (Wildman–Crippen LogP) is 4.43. The van der Waals surface area contributed by atoms with Crippen molar-refractivity contribution in [3.63, 3.8) is 0 Å². The number of ether oxygens (including phenoxy) is 1. The monoisotopic (exact) mass is 275 g/mol. The Labute approximate surface area is 119 Å². The van der Waals surface area contributed by atoms with E-state index in [0.717, 1.165) is 23.1 Å². The van der Waals surface area contributed by atoms with E-state index >= 15 is 0 Å². The minimum absolute atomic E-state index is 0.0775. The first-order chi connectivity index (χ1) is 9.15. The summed E-state index contributed by atoms with van der Waals surface area (Å²) in [6.07, 6.45) is 0.923. The van der Waals surface area contributed by atoms with Gasteiger partial charge in [-0.25, -0.2) is 0 Å². The van der Waals surface area contributed by atoms with Gasteiger partial charge in [-0.05, 0) is 41.3 Å². The van der Waals surface area contributed by atoms with E-state index in [1.807, 2.05) is 24.3 Å². The molecule has 0 aromatic heterocycles. The fourth-order valence-corrected chi connectivity index (χ4v) is 2.29. The second kappa shape index (κ2) is 6.09. The van der Waals surface area contributed by atoms with Crippen molar-refractivity contribution < 1.29 is 4.74 Å². The first kappa shape index (κ1) is 13.9. The molecule has 0 spiro atoms. The van der Waals surface area contributed by atoms with Gasteiger partial charge in [-0.15, -0.1) is 0 Å². The van der Waals surface area contributed by atoms with Crippen LogP contribution in [0, 0.1) is 0 Å². The van der Waals surface area contributed by atoms with Gasteiger partial charge in [0.25, 0.3) is 0 Å². The van der Waals surface area contributed by atoms with Crippen LogP contribution in [-0.4, -0.2) is 7.11 Å². The van der Waals surface area contributed by atoms with Crippen molar-refractivity contribution in [3.05, 3.63) is 53.1 Å². The van der Waals surface area contributed by atoms with Crippen LogP contribution in [0.5, 0.6) is 5.75 Å². The van der Waals surface area contributed by atoms with E-state index < -0.39 is 0 Å². The fourth-order valence-electron chi connectivity index (χ4n) is 2.03. The lowest BCUT2D eigenvalue weighted by atomic mass is 9.99. The molecule has 100 valence electrons. The number of halogens is 1. The molecule has 0 fully saturated rings. The van der Waals surface area contributed by atoms with Gasteiger partial charge in [0.2, 0.25) is 0 Å². The number of hydrogen-bond donors (Lipinski definition) is 1. The molecule has 0 radical (unpaired) electrons. The van der Waals surface area contributed by atoms with E-state index in [-0.39, 0.29) is 6.04 Å². The Balaban J connectivity index is 2.39. The average molecular weight is 276 g/mol. The summed E-state index contributed by atoms with van der Waals surface area (Å²) in [7, 11) is 1.61. The summed E-state index contributed by atoms with van der Waals surface area (Å²) in [5, 5.41) is 0.616. The minimum Gasteiger partial charge on any atom is -0.495 e. The fraction of sp³-hybridized carbons (Fsp3) is 0.250. The lowest BCUT2D eigenvalue weighted by Gasteiger charge is -2.12. The third-order valence-electron chi connectivity index (χ3n) is 3.24. The van der Waals surface area contributed by atoms with Gasteiger partial charge in [-0.1, -0.05) is 42.8 Å². The van der Waals surface area contributed by atoms with Crippen molar-refractivity contribution in [2.24, 2.45) is 5.73 Å². The Hall–Kier alpha value is -1.51. The van der Waals surface area contributed by atoms with Crippen molar-refractivity contribution in [1.82, 2.24) is 0 Å². The Kier molecular flexibility index (Phi) is 4.46. The van der Waals surface area contributed by atoms with Gasteiger partial charge in [-0.2, -0.15) is 0 Å². The molecule has 0 aliphatic heterocycles. The van der Waals surface area contributed by atoms with Crippen molar-refractivity contribution in [2.45, 2.75) is 19.4 Å². The van der Waals surface area contributed by atoms with Gasteiger partial charge >= 0.3 is 0 Å². The molecular formula is C16H18ClNO. The van der Waals surface area contributed by atoms with Crippen LogP contribution >= 0.6 is 11.6 Å². The van der Waals surface area contributed by atoms with Crippen LogP contribution in [0.3, 0.4) is 0 Å². The van der Waals surface area contributed by atoms with E-state index in [1.54, 1.807) is 7.11 Å². The standard InChI is InChI=1S/C16H18ClNO/c1-3-15(18)13-6-4-5-11(9-13)12-7-8-16(19-2)14(17)10-12/h4-10,15H,3,18H2,1-2H3. The maximum absolute atomic E-state index is 6.16. The summed E-state index contributed by atoms with van der Waals surface area (Å²) in [4.78, 5) is 0. The average Bonchev–Trinajstić information content (AvgIpc) is 2.46. The van der Waals surface area contributed by atoms with Crippen molar-refractivity contribution >= 4 is 11.6 Å². The number of hydrogen-bond acceptors (Lipinski definition) is 2. The third kappa shape index (κ3) is 3.09. The third-order valence-corrected chi connectivity index (χ3v) is 3.54. The summed E-state index contributed by atoms with van der Waals surface area (Å²) in [5.74, 6) is 0.687. The maximum Gasteiger partial charge on any atom is 0.137 e. The van der Waals surface area contributed by atoms with Crippen molar-refractivity contribution in [1.29, 1.82) is 0 Å². The molecule has 0 saturated carbocycles. The van der Waals surface area contributed by atoms with Crippen LogP contribution < -0.4 is 10.5 Å². The molecule has 2 N–H and O–H groups in total. The molecule has 3 heteroatoms. The summed E-state index contributed by atoms with van der Waals surface area (Å²) in [5.41, 5.74) is 9.40. The molecule has 1 unspecified atom stereocenters. The van der Waals surface area contributed by atoms with Crippen LogP contribution in [0.4, 0.5) is 0 Å². The van der Waals surface area contributed by atoms with Crippen LogP contribution in [0.15, 0.2) is 42.5 Å². The number of rotatable bonds is 4. The largest absolute Gasteiger partial charge is 0.495 e. The van der Waals surface area contributed by atoms with Gasteiger partial charge in [0.05, 0.1) is 12.1 Å². The van der Waals surface area contributed by atoms with Gasteiger partial charge in [0, 0.05) is 6.04 Å². The van der Waals surface area contributed by atoms with Gasteiger partial charge < -0.3 is 10.5 Å². The molecule has 19 heavy (non-hydrogen) atoms. The van der Waals surface area contributed by atoms with Crippen molar-refractivity contribution in [3.8, 4) is 16.9 Å². The summed E-state index contributed by atoms with van der Waals surface area (Å²) in [6.45, 7) is 2.08. The first-order valence-corrected chi connectivity index (χ1v) is 6.73. The summed E-state index contributed by atoms with van der Waals surface area (Å²) in [6, 6.07) is 14.1. The number of nitrogens with two attached hydrogens (primary N) is 1. The molecule has 0 aliphatic carbocycles. The molecule has 0 aliphatic rings. The Morgan fingerprint density at radius 2 is 1.89 bits per heavy atom. The molecular weight excluding hydrogens is 258 g/mol. The van der Waals surface area contributed by atoms with E-state index in [4.69, 9.17) is 22.1 Å². The van der Waals surface area contributed by atoms with Crippen LogP contribution in [0.25, 0.3) is 11.1 Å². The van der Waals surface area contributed by atoms with Gasteiger partial charge in [0.1, 0.15) is 5.75 Å². The number of benzene rings is 2. The van der Waals surface area contributed by atoms with Crippen LogP contribution in [0.1, 0.15) is 24.9 Å². The Morgan fingerprint density at radius 3 is 2.53 bits per heavy atom. The molecule has 0 heterocycles. The lowest BCUT2D eigenvalue weighted by molar-refractivity contribution is 0.415. The summed E-state index contributed by atoms with van der Waals surface area (Å²) < 4.78 is 5.16. The zero-order valence-corrected chi connectivity index (χ0v) is 11.9. The maximum atomic E-state index is 6.16. The van der Waals surface area contributed by atoms with E-state index in [0.29, 0.717) is 10.8 Å². The highest BCUT2D eigenvalue weighted by Gasteiger charge is 2.07. The smallest absolute Gasteiger partial charge is 0.137 e. The topological polar surface area (TPSA) is 35.2 Å². The molecule has 2 aromatic carbocycles. The zero-order valence-electron chi connectivity index (χ0n) is 11.2. The molecule has 2 nitrogen and oxygen atoms in total. The van der Waals surface area contributed by atoms with Gasteiger partial charge in [0.15, 0.2) is 0 Å². The van der Waals surface area contributed by atoms with Crippen molar-refractivity contribution in [2.75, 3.05) is 7.11 Å². The zero-order chi connectivity index (χ0) is 13.8. The van der Waals surface area contributed by atoms with Crippen LogP contribution in [0.2, 0.25) is 5.02 Å². The van der Waals surface area contributed by atoms with Gasteiger partial charge in [-0.3, -0.25) is 0 Å². The molecule has 2 rings (SSSR count). The Morgan fingerprint density at radius 1 is 1.16 bits per heavy atom. The highest BCUT2D eigenvalue weighted by Crippen LogP contribution is 2.31. The molecule has 0 bridgehead atoms. The highest BCUT2D eigenvalue weighted by atomic mass is 35.5. The molecule has 0 saturated heterocycles. The minimum atomic E-state index is 0.0775. The SMILES string of the molecule is CCC(N)c1cccc(-c2ccc(OC)c(Cl)c2)c1. The predicted molar refractivity (Wildman–Crippen MR) is 80.7 cm³/mol. The van der Waals surface area contributed by atoms with E-state index in [9.17, 15) is 0 Å². The second-order valence-corrected chi connectivity index (χ2v) is 4.90. The first-order valence-electron chi connectivity index (χ1n) is 6.35. The molecule has 2 aromatic rings. The molecule has 1 atom stereocenters. The normalized spacial score (nSPS) is 12.2. The van der Waals surface area contributed by atoms with E-state index in [1.165, 1.54) is 0 Å². The number of methoxy groups -OCH3 is 1. The summed E-state index contributed by atoms with van der Waals surface area (Å²) >= 11 is 6.16. The Bertz CT molecular complexity index is 568. The molecule has 0 amide bonds. The lowest BCUT2D eigenvalue weighted by Crippen LogP contribution is -2.08. The van der Waals surface area contributed by atoms with E-state index in [2.05, 4.69) is 25.1 Å². The van der Waals surface area contributed by atoms with Crippen LogP contribution in [-0.2, 0) is 0 Å².